The molecule has 7 heteroatoms. The number of nitrogens with one attached hydrogen (secondary N) is 1. The maximum Gasteiger partial charge on any atom is 0.340 e. The van der Waals surface area contributed by atoms with Gasteiger partial charge >= 0.3 is 5.97 Å². The molecule has 0 unspecified atom stereocenters. The Labute approximate surface area is 159 Å². The molecular formula is C20H26N4O3. The second kappa shape index (κ2) is 7.82. The molecular weight excluding hydrogens is 344 g/mol. The van der Waals surface area contributed by atoms with Crippen molar-refractivity contribution in [1.82, 2.24) is 14.9 Å². The molecule has 3 rings (SSSR count). The molecule has 2 aromatic heterocycles. The number of anilines is 1. The lowest BCUT2D eigenvalue weighted by atomic mass is 10.1. The fourth-order valence-corrected chi connectivity index (χ4v) is 3.38. The molecule has 0 saturated carbocycles. The van der Waals surface area contributed by atoms with E-state index < -0.39 is 5.97 Å². The van der Waals surface area contributed by atoms with Gasteiger partial charge in [0.05, 0.1) is 11.7 Å². The predicted octanol–water partition coefficient (Wildman–Crippen LogP) is 2.55. The van der Waals surface area contributed by atoms with Gasteiger partial charge in [0.15, 0.2) is 0 Å². The lowest BCUT2D eigenvalue weighted by Crippen LogP contribution is -2.49. The monoisotopic (exact) mass is 370 g/mol. The number of H-pyrrole nitrogens is 1. The van der Waals surface area contributed by atoms with Crippen LogP contribution in [0.5, 0.6) is 0 Å². The van der Waals surface area contributed by atoms with E-state index in [9.17, 15) is 9.59 Å². The van der Waals surface area contributed by atoms with Crippen molar-refractivity contribution in [2.45, 2.75) is 33.8 Å². The summed E-state index contributed by atoms with van der Waals surface area (Å²) in [5, 5.41) is 0. The number of carbonyl (C=O) groups excluding carboxylic acids is 2. The van der Waals surface area contributed by atoms with Gasteiger partial charge in [-0.3, -0.25) is 4.79 Å². The first-order chi connectivity index (χ1) is 12.9. The third kappa shape index (κ3) is 3.97. The van der Waals surface area contributed by atoms with Crippen LogP contribution in [0.2, 0.25) is 0 Å². The average molecular weight is 370 g/mol. The Balaban J connectivity index is 1.71. The van der Waals surface area contributed by atoms with Gasteiger partial charge in [0.1, 0.15) is 11.5 Å². The van der Waals surface area contributed by atoms with Crippen LogP contribution in [0.15, 0.2) is 24.4 Å². The number of hydrogen-bond donors (Lipinski definition) is 1. The van der Waals surface area contributed by atoms with Crippen molar-refractivity contribution >= 4 is 17.7 Å². The number of pyridine rings is 1. The summed E-state index contributed by atoms with van der Waals surface area (Å²) in [6, 6.07) is 5.83. The van der Waals surface area contributed by atoms with Crippen molar-refractivity contribution in [2.24, 2.45) is 0 Å². The number of nitrogens with zero attached hydrogens (tertiary/aromatic N) is 3. The number of aryl methyl sites for hydroxylation is 1. The van der Waals surface area contributed by atoms with Gasteiger partial charge in [-0.15, -0.1) is 0 Å². The standard InChI is InChI=1S/C20H26N4O3/c1-13(2)27-20(26)17-14(3)18(22-15(17)4)19(25)24-11-9-23(10-12-24)16-7-5-6-8-21-16/h5-8,13,22H,9-12H2,1-4H3. The number of hydrogen-bond acceptors (Lipinski definition) is 5. The van der Waals surface area contributed by atoms with Crippen molar-refractivity contribution in [2.75, 3.05) is 31.1 Å². The summed E-state index contributed by atoms with van der Waals surface area (Å²) in [4.78, 5) is 36.8. The third-order valence-corrected chi connectivity index (χ3v) is 4.74. The second-order valence-corrected chi connectivity index (χ2v) is 7.05. The highest BCUT2D eigenvalue weighted by atomic mass is 16.5. The first-order valence-electron chi connectivity index (χ1n) is 9.24. The molecule has 27 heavy (non-hydrogen) atoms. The van der Waals surface area contributed by atoms with E-state index in [0.717, 1.165) is 18.9 Å². The summed E-state index contributed by atoms with van der Waals surface area (Å²) in [7, 11) is 0. The van der Waals surface area contributed by atoms with Crippen LogP contribution in [0, 0.1) is 13.8 Å². The van der Waals surface area contributed by atoms with Gasteiger partial charge in [0, 0.05) is 38.1 Å². The van der Waals surface area contributed by atoms with Crippen molar-refractivity contribution in [3.05, 3.63) is 46.9 Å². The Morgan fingerprint density at radius 2 is 1.85 bits per heavy atom. The molecule has 3 heterocycles. The molecule has 144 valence electrons. The molecule has 1 saturated heterocycles. The van der Waals surface area contributed by atoms with Crippen LogP contribution < -0.4 is 4.90 Å². The molecule has 0 spiro atoms. The number of piperazine rings is 1. The molecule has 1 fully saturated rings. The van der Waals surface area contributed by atoms with Gasteiger partial charge in [-0.25, -0.2) is 9.78 Å². The Morgan fingerprint density at radius 3 is 2.44 bits per heavy atom. The highest BCUT2D eigenvalue weighted by Gasteiger charge is 2.28. The maximum absolute atomic E-state index is 13.0. The van der Waals surface area contributed by atoms with Crippen LogP contribution in [0.3, 0.4) is 0 Å². The zero-order valence-corrected chi connectivity index (χ0v) is 16.3. The van der Waals surface area contributed by atoms with Crippen LogP contribution >= 0.6 is 0 Å². The van der Waals surface area contributed by atoms with Crippen LogP contribution in [-0.4, -0.2) is 59.0 Å². The van der Waals surface area contributed by atoms with Crippen molar-refractivity contribution in [3.8, 4) is 0 Å². The predicted molar refractivity (Wildman–Crippen MR) is 103 cm³/mol. The molecule has 0 radical (unpaired) electrons. The van der Waals surface area contributed by atoms with E-state index in [4.69, 9.17) is 4.74 Å². The van der Waals surface area contributed by atoms with Gasteiger partial charge in [0.25, 0.3) is 5.91 Å². The minimum absolute atomic E-state index is 0.0835. The Kier molecular flexibility index (Phi) is 5.48. The summed E-state index contributed by atoms with van der Waals surface area (Å²) in [6.07, 6.45) is 1.57. The van der Waals surface area contributed by atoms with E-state index >= 15 is 0 Å². The third-order valence-electron chi connectivity index (χ3n) is 4.74. The molecule has 1 amide bonds. The van der Waals surface area contributed by atoms with Crippen LogP contribution in [0.25, 0.3) is 0 Å². The number of amides is 1. The minimum atomic E-state index is -0.393. The lowest BCUT2D eigenvalue weighted by molar-refractivity contribution is 0.0376. The number of ether oxygens (including phenoxy) is 1. The molecule has 0 bridgehead atoms. The largest absolute Gasteiger partial charge is 0.459 e. The number of aromatic nitrogens is 2. The highest BCUT2D eigenvalue weighted by molar-refractivity contribution is 6.00. The first-order valence-corrected chi connectivity index (χ1v) is 9.24. The van der Waals surface area contributed by atoms with Crippen molar-refractivity contribution in [3.63, 3.8) is 0 Å². The quantitative estimate of drug-likeness (QED) is 0.837. The van der Waals surface area contributed by atoms with Crippen molar-refractivity contribution in [1.29, 1.82) is 0 Å². The lowest BCUT2D eigenvalue weighted by Gasteiger charge is -2.35. The first kappa shape index (κ1) is 18.9. The smallest absolute Gasteiger partial charge is 0.340 e. The molecule has 1 aliphatic heterocycles. The van der Waals surface area contributed by atoms with Crippen LogP contribution in [-0.2, 0) is 4.74 Å². The summed E-state index contributed by atoms with van der Waals surface area (Å²) >= 11 is 0. The van der Waals surface area contributed by atoms with Gasteiger partial charge < -0.3 is 19.5 Å². The van der Waals surface area contributed by atoms with E-state index in [0.29, 0.717) is 35.6 Å². The maximum atomic E-state index is 13.0. The number of esters is 1. The number of carbonyl (C=O) groups is 2. The van der Waals surface area contributed by atoms with E-state index in [2.05, 4.69) is 14.9 Å². The zero-order valence-electron chi connectivity index (χ0n) is 16.3. The molecule has 1 N–H and O–H groups in total. The number of rotatable bonds is 4. The minimum Gasteiger partial charge on any atom is -0.459 e. The second-order valence-electron chi connectivity index (χ2n) is 7.05. The van der Waals surface area contributed by atoms with Crippen LogP contribution in [0.4, 0.5) is 5.82 Å². The summed E-state index contributed by atoms with van der Waals surface area (Å²) in [6.45, 7) is 9.87. The topological polar surface area (TPSA) is 78.5 Å². The summed E-state index contributed by atoms with van der Waals surface area (Å²) in [5.74, 6) is 0.449. The molecule has 1 aliphatic rings. The molecule has 0 aromatic carbocycles. The van der Waals surface area contributed by atoms with Gasteiger partial charge in [-0.05, 0) is 45.4 Å². The molecule has 0 atom stereocenters. The Bertz CT molecular complexity index is 821. The number of aromatic amines is 1. The highest BCUT2D eigenvalue weighted by Crippen LogP contribution is 2.22. The Hall–Kier alpha value is -2.83. The Morgan fingerprint density at radius 1 is 1.15 bits per heavy atom. The van der Waals surface area contributed by atoms with E-state index in [1.807, 2.05) is 36.9 Å². The van der Waals surface area contributed by atoms with E-state index in [1.165, 1.54) is 0 Å². The van der Waals surface area contributed by atoms with E-state index in [1.54, 1.807) is 20.0 Å². The molecule has 7 nitrogen and oxygen atoms in total. The summed E-state index contributed by atoms with van der Waals surface area (Å²) < 4.78 is 5.30. The zero-order chi connectivity index (χ0) is 19.6. The fourth-order valence-electron chi connectivity index (χ4n) is 3.38. The summed E-state index contributed by atoms with van der Waals surface area (Å²) in [5.41, 5.74) is 2.23. The van der Waals surface area contributed by atoms with Gasteiger partial charge in [-0.2, -0.15) is 0 Å². The normalized spacial score (nSPS) is 14.6. The van der Waals surface area contributed by atoms with Gasteiger partial charge in [0.2, 0.25) is 0 Å². The van der Waals surface area contributed by atoms with Crippen molar-refractivity contribution < 1.29 is 14.3 Å². The SMILES string of the molecule is Cc1[nH]c(C(=O)N2CCN(c3ccccn3)CC2)c(C)c1C(=O)OC(C)C. The average Bonchev–Trinajstić information content (AvgIpc) is 2.95. The molecule has 0 aliphatic carbocycles. The fraction of sp³-hybridized carbons (Fsp3) is 0.450. The van der Waals surface area contributed by atoms with E-state index in [-0.39, 0.29) is 12.0 Å². The van der Waals surface area contributed by atoms with Gasteiger partial charge in [-0.1, -0.05) is 6.07 Å². The van der Waals surface area contributed by atoms with Crippen LogP contribution in [0.1, 0.15) is 46.0 Å². The molecule has 2 aromatic rings.